The number of benzene rings is 1. The van der Waals surface area contributed by atoms with Crippen LogP contribution in [-0.4, -0.2) is 18.5 Å². The van der Waals surface area contributed by atoms with Crippen molar-refractivity contribution in [1.82, 2.24) is 5.32 Å². The van der Waals surface area contributed by atoms with Gasteiger partial charge < -0.3 is 11.1 Å². The van der Waals surface area contributed by atoms with Gasteiger partial charge in [-0.3, -0.25) is 4.79 Å². The second kappa shape index (κ2) is 6.20. The van der Waals surface area contributed by atoms with Crippen LogP contribution in [0.2, 0.25) is 0 Å². The number of rotatable bonds is 4. The topological polar surface area (TPSA) is 55.1 Å². The molecule has 0 bridgehead atoms. The molecule has 3 heteroatoms. The first-order valence-corrected chi connectivity index (χ1v) is 6.85. The third-order valence-corrected chi connectivity index (χ3v) is 3.32. The Morgan fingerprint density at radius 3 is 2.47 bits per heavy atom. The summed E-state index contributed by atoms with van der Waals surface area (Å²) in [5, 5.41) is 2.84. The molecule has 3 N–H and O–H groups in total. The monoisotopic (exact) mass is 262 g/mol. The maximum absolute atomic E-state index is 11.4. The van der Waals surface area contributed by atoms with Gasteiger partial charge in [0.1, 0.15) is 0 Å². The predicted octanol–water partition coefficient (Wildman–Crippen LogP) is 2.30. The summed E-state index contributed by atoms with van der Waals surface area (Å²) in [6, 6.07) is 6.14. The second-order valence-corrected chi connectivity index (χ2v) is 6.22. The van der Waals surface area contributed by atoms with Crippen LogP contribution in [0.5, 0.6) is 0 Å². The number of aryl methyl sites for hydroxylation is 1. The molecule has 0 aromatic heterocycles. The summed E-state index contributed by atoms with van der Waals surface area (Å²) < 4.78 is 0. The van der Waals surface area contributed by atoms with E-state index in [2.05, 4.69) is 51.2 Å². The first-order valence-electron chi connectivity index (χ1n) is 6.85. The summed E-state index contributed by atoms with van der Waals surface area (Å²) in [5.74, 6) is -0.0936. The molecule has 1 aromatic rings. The molecular formula is C16H26N2O. The fraction of sp³-hybridized carbons (Fsp3) is 0.562. The van der Waals surface area contributed by atoms with Crippen LogP contribution in [0.3, 0.4) is 0 Å². The van der Waals surface area contributed by atoms with Gasteiger partial charge in [-0.2, -0.15) is 0 Å². The first-order chi connectivity index (χ1) is 8.71. The van der Waals surface area contributed by atoms with Gasteiger partial charge in [-0.05, 0) is 42.4 Å². The highest BCUT2D eigenvalue weighted by Crippen LogP contribution is 2.24. The van der Waals surface area contributed by atoms with Gasteiger partial charge in [-0.25, -0.2) is 0 Å². The lowest BCUT2D eigenvalue weighted by molar-refractivity contribution is -0.121. The molecule has 106 valence electrons. The summed E-state index contributed by atoms with van der Waals surface area (Å²) >= 11 is 0. The summed E-state index contributed by atoms with van der Waals surface area (Å²) in [6.07, 6.45) is 0.842. The Labute approximate surface area is 116 Å². The van der Waals surface area contributed by atoms with Gasteiger partial charge in [0, 0.05) is 6.54 Å². The van der Waals surface area contributed by atoms with Gasteiger partial charge in [0.05, 0.1) is 6.04 Å². The Morgan fingerprint density at radius 2 is 2.00 bits per heavy atom. The molecule has 0 saturated heterocycles. The molecule has 1 unspecified atom stereocenters. The van der Waals surface area contributed by atoms with Crippen molar-refractivity contribution in [2.75, 3.05) is 6.54 Å². The SMILES string of the molecule is Cc1cc(C(C)(C)C)ccc1CCNC(=O)C(C)N. The Hall–Kier alpha value is -1.35. The molecule has 0 aliphatic carbocycles. The molecule has 1 amide bonds. The number of nitrogens with one attached hydrogen (secondary N) is 1. The molecule has 1 aromatic carbocycles. The van der Waals surface area contributed by atoms with Crippen LogP contribution in [-0.2, 0) is 16.6 Å². The number of carbonyl (C=O) groups excluding carboxylic acids is 1. The van der Waals surface area contributed by atoms with E-state index in [1.54, 1.807) is 6.92 Å². The zero-order chi connectivity index (χ0) is 14.6. The smallest absolute Gasteiger partial charge is 0.236 e. The van der Waals surface area contributed by atoms with E-state index in [4.69, 9.17) is 5.73 Å². The zero-order valence-corrected chi connectivity index (χ0v) is 12.7. The van der Waals surface area contributed by atoms with Gasteiger partial charge in [0.15, 0.2) is 0 Å². The molecule has 0 heterocycles. The third-order valence-electron chi connectivity index (χ3n) is 3.32. The van der Waals surface area contributed by atoms with Crippen LogP contribution in [0.1, 0.15) is 44.4 Å². The van der Waals surface area contributed by atoms with Crippen LogP contribution in [0.4, 0.5) is 0 Å². The lowest BCUT2D eigenvalue weighted by Crippen LogP contribution is -2.39. The standard InChI is InChI=1S/C16H26N2O/c1-11-10-14(16(3,4)5)7-6-13(11)8-9-18-15(19)12(2)17/h6-7,10,12H,8-9,17H2,1-5H3,(H,18,19). The van der Waals surface area contributed by atoms with Crippen molar-refractivity contribution in [2.24, 2.45) is 5.73 Å². The fourth-order valence-corrected chi connectivity index (χ4v) is 1.92. The molecule has 0 aliphatic rings. The molecule has 0 radical (unpaired) electrons. The summed E-state index contributed by atoms with van der Waals surface area (Å²) in [7, 11) is 0. The van der Waals surface area contributed by atoms with E-state index in [1.807, 2.05) is 0 Å². The quantitative estimate of drug-likeness (QED) is 0.875. The number of carbonyl (C=O) groups is 1. The van der Waals surface area contributed by atoms with Crippen molar-refractivity contribution >= 4 is 5.91 Å². The summed E-state index contributed by atoms with van der Waals surface area (Å²) in [6.45, 7) is 11.1. The molecule has 1 rings (SSSR count). The van der Waals surface area contributed by atoms with Crippen LogP contribution in [0, 0.1) is 6.92 Å². The number of hydrogen-bond acceptors (Lipinski definition) is 2. The normalized spacial score (nSPS) is 13.2. The van der Waals surface area contributed by atoms with E-state index in [1.165, 1.54) is 16.7 Å². The summed E-state index contributed by atoms with van der Waals surface area (Å²) in [5.41, 5.74) is 9.57. The molecular weight excluding hydrogens is 236 g/mol. The van der Waals surface area contributed by atoms with Crippen molar-refractivity contribution in [3.8, 4) is 0 Å². The number of nitrogens with two attached hydrogens (primary N) is 1. The molecule has 0 saturated carbocycles. The predicted molar refractivity (Wildman–Crippen MR) is 80.2 cm³/mol. The van der Waals surface area contributed by atoms with E-state index in [9.17, 15) is 4.79 Å². The second-order valence-electron chi connectivity index (χ2n) is 6.22. The Morgan fingerprint density at radius 1 is 1.37 bits per heavy atom. The Balaban J connectivity index is 2.64. The van der Waals surface area contributed by atoms with Crippen LogP contribution in [0.15, 0.2) is 18.2 Å². The van der Waals surface area contributed by atoms with E-state index < -0.39 is 6.04 Å². The van der Waals surface area contributed by atoms with Gasteiger partial charge in [-0.15, -0.1) is 0 Å². The molecule has 19 heavy (non-hydrogen) atoms. The number of amides is 1. The maximum atomic E-state index is 11.4. The lowest BCUT2D eigenvalue weighted by Gasteiger charge is -2.20. The Kier molecular flexibility index (Phi) is 5.12. The molecule has 1 atom stereocenters. The van der Waals surface area contributed by atoms with Crippen LogP contribution in [0.25, 0.3) is 0 Å². The minimum atomic E-state index is -0.440. The first kappa shape index (κ1) is 15.7. The maximum Gasteiger partial charge on any atom is 0.236 e. The van der Waals surface area contributed by atoms with Crippen molar-refractivity contribution in [3.05, 3.63) is 34.9 Å². The van der Waals surface area contributed by atoms with Crippen molar-refractivity contribution < 1.29 is 4.79 Å². The molecule has 0 aliphatic heterocycles. The highest BCUT2D eigenvalue weighted by Gasteiger charge is 2.14. The van der Waals surface area contributed by atoms with Crippen molar-refractivity contribution in [3.63, 3.8) is 0 Å². The molecule has 3 nitrogen and oxygen atoms in total. The highest BCUT2D eigenvalue weighted by molar-refractivity contribution is 5.80. The average molecular weight is 262 g/mol. The van der Waals surface area contributed by atoms with E-state index in [0.29, 0.717) is 6.54 Å². The third kappa shape index (κ3) is 4.67. The van der Waals surface area contributed by atoms with Gasteiger partial charge in [0.25, 0.3) is 0 Å². The summed E-state index contributed by atoms with van der Waals surface area (Å²) in [4.78, 5) is 11.4. The van der Waals surface area contributed by atoms with Crippen LogP contribution >= 0.6 is 0 Å². The van der Waals surface area contributed by atoms with E-state index in [0.717, 1.165) is 6.42 Å². The minimum Gasteiger partial charge on any atom is -0.354 e. The van der Waals surface area contributed by atoms with Gasteiger partial charge >= 0.3 is 0 Å². The van der Waals surface area contributed by atoms with Crippen LogP contribution < -0.4 is 11.1 Å². The molecule has 0 spiro atoms. The average Bonchev–Trinajstić information content (AvgIpc) is 2.29. The highest BCUT2D eigenvalue weighted by atomic mass is 16.2. The van der Waals surface area contributed by atoms with Gasteiger partial charge in [-0.1, -0.05) is 39.0 Å². The Bertz CT molecular complexity index is 445. The zero-order valence-electron chi connectivity index (χ0n) is 12.7. The minimum absolute atomic E-state index is 0.0936. The van der Waals surface area contributed by atoms with E-state index in [-0.39, 0.29) is 11.3 Å². The largest absolute Gasteiger partial charge is 0.354 e. The van der Waals surface area contributed by atoms with Crippen molar-refractivity contribution in [1.29, 1.82) is 0 Å². The van der Waals surface area contributed by atoms with E-state index >= 15 is 0 Å². The van der Waals surface area contributed by atoms with Crippen molar-refractivity contribution in [2.45, 2.75) is 52.5 Å². The number of hydrogen-bond donors (Lipinski definition) is 2. The van der Waals surface area contributed by atoms with Gasteiger partial charge in [0.2, 0.25) is 5.91 Å². The lowest BCUT2D eigenvalue weighted by atomic mass is 9.85. The molecule has 0 fully saturated rings. The fourth-order valence-electron chi connectivity index (χ4n) is 1.92.